The van der Waals surface area contributed by atoms with Crippen molar-refractivity contribution in [2.45, 2.75) is 42.9 Å². The predicted molar refractivity (Wildman–Crippen MR) is 133 cm³/mol. The maximum absolute atomic E-state index is 12.8. The molecule has 33 heavy (non-hydrogen) atoms. The van der Waals surface area contributed by atoms with E-state index in [2.05, 4.69) is 10.0 Å². The molecular formula is C23H22Cl2N2O4S2. The van der Waals surface area contributed by atoms with E-state index in [1.54, 1.807) is 37.4 Å². The highest BCUT2D eigenvalue weighted by atomic mass is 35.5. The molecule has 10 heteroatoms. The third-order valence-corrected chi connectivity index (χ3v) is 9.13. The lowest BCUT2D eigenvalue weighted by molar-refractivity contribution is 0.0789. The van der Waals surface area contributed by atoms with Crippen LogP contribution in [0, 0.1) is 0 Å². The average Bonchev–Trinajstić information content (AvgIpc) is 3.40. The van der Waals surface area contributed by atoms with Crippen molar-refractivity contribution in [3.8, 4) is 11.1 Å². The Morgan fingerprint density at radius 2 is 1.88 bits per heavy atom. The normalized spacial score (nSPS) is 13.6. The Kier molecular flexibility index (Phi) is 6.50. The Hall–Kier alpha value is -2.10. The van der Waals surface area contributed by atoms with Gasteiger partial charge >= 0.3 is 6.03 Å². The van der Waals surface area contributed by atoms with Crippen molar-refractivity contribution in [1.29, 1.82) is 0 Å². The summed E-state index contributed by atoms with van der Waals surface area (Å²) in [6.45, 7) is 3.12. The molecule has 6 nitrogen and oxygen atoms in total. The van der Waals surface area contributed by atoms with Crippen LogP contribution in [0.25, 0.3) is 11.1 Å². The lowest BCUT2D eigenvalue weighted by atomic mass is 9.97. The van der Waals surface area contributed by atoms with E-state index < -0.39 is 21.7 Å². The number of thiophene rings is 1. The number of hydrogen-bond acceptors (Lipinski definition) is 5. The molecule has 0 aliphatic heterocycles. The van der Waals surface area contributed by atoms with Crippen LogP contribution in [0.5, 0.6) is 0 Å². The number of carbonyl (C=O) groups excluding carboxylic acids is 1. The lowest BCUT2D eigenvalue weighted by Crippen LogP contribution is -2.34. The van der Waals surface area contributed by atoms with Crippen LogP contribution >= 0.6 is 34.5 Å². The molecule has 1 aromatic heterocycles. The molecule has 2 aromatic carbocycles. The summed E-state index contributed by atoms with van der Waals surface area (Å²) in [5.41, 5.74) is 3.14. The van der Waals surface area contributed by atoms with Gasteiger partial charge in [0.25, 0.3) is 10.0 Å². The smallest absolute Gasteiger partial charge is 0.333 e. The van der Waals surface area contributed by atoms with E-state index >= 15 is 0 Å². The fraction of sp³-hybridized carbons (Fsp3) is 0.261. The average molecular weight is 525 g/mol. The quantitative estimate of drug-likeness (QED) is 0.384. The van der Waals surface area contributed by atoms with Gasteiger partial charge in [0.15, 0.2) is 0 Å². The number of aliphatic hydroxyl groups is 1. The second-order valence-electron chi connectivity index (χ2n) is 8.35. The van der Waals surface area contributed by atoms with E-state index in [0.29, 0.717) is 32.4 Å². The number of aryl methyl sites for hydroxylation is 1. The summed E-state index contributed by atoms with van der Waals surface area (Å²) in [6.07, 6.45) is 2.57. The van der Waals surface area contributed by atoms with Gasteiger partial charge in [0.2, 0.25) is 0 Å². The second kappa shape index (κ2) is 8.92. The van der Waals surface area contributed by atoms with Crippen LogP contribution in [-0.2, 0) is 28.5 Å². The van der Waals surface area contributed by atoms with Gasteiger partial charge in [-0.05, 0) is 67.3 Å². The van der Waals surface area contributed by atoms with Gasteiger partial charge in [-0.25, -0.2) is 17.9 Å². The molecule has 3 N–H and O–H groups in total. The van der Waals surface area contributed by atoms with Crippen LogP contribution in [0.15, 0.2) is 46.0 Å². The third-order valence-electron chi connectivity index (χ3n) is 5.54. The first kappa shape index (κ1) is 24.0. The summed E-state index contributed by atoms with van der Waals surface area (Å²) in [7, 11) is -4.13. The molecule has 2 amide bonds. The number of halogens is 2. The summed E-state index contributed by atoms with van der Waals surface area (Å²) < 4.78 is 27.6. The number of sulfonamides is 1. The van der Waals surface area contributed by atoms with Crippen molar-refractivity contribution in [3.63, 3.8) is 0 Å². The van der Waals surface area contributed by atoms with Gasteiger partial charge < -0.3 is 10.4 Å². The van der Waals surface area contributed by atoms with Crippen molar-refractivity contribution in [1.82, 2.24) is 4.72 Å². The first-order chi connectivity index (χ1) is 15.5. The Labute approximate surface area is 206 Å². The molecule has 3 aromatic rings. The molecule has 1 heterocycles. The Morgan fingerprint density at radius 1 is 1.12 bits per heavy atom. The number of carbonyl (C=O) groups is 1. The predicted octanol–water partition coefficient (Wildman–Crippen LogP) is 5.95. The van der Waals surface area contributed by atoms with Crippen LogP contribution in [0.2, 0.25) is 10.0 Å². The van der Waals surface area contributed by atoms with Gasteiger partial charge in [-0.2, -0.15) is 0 Å². The highest BCUT2D eigenvalue weighted by molar-refractivity contribution is 7.92. The molecule has 0 saturated carbocycles. The standard InChI is InChI=1S/C23H22Cl2N2O4S2/c1-23(2,29)14-11-19(32-12-14)33(30,31)27-22(28)26-21-15-6-3-5-13(15)9-10-17(21)16-7-4-8-18(24)20(16)25/h4,7-12,29H,3,5-6H2,1-2H3,(H2,26,27,28). The van der Waals surface area contributed by atoms with Crippen LogP contribution in [-0.4, -0.2) is 19.6 Å². The molecule has 0 bridgehead atoms. The molecule has 0 radical (unpaired) electrons. The van der Waals surface area contributed by atoms with Crippen LogP contribution in [0.4, 0.5) is 10.5 Å². The summed E-state index contributed by atoms with van der Waals surface area (Å²) in [6, 6.07) is 9.58. The minimum atomic E-state index is -4.13. The van der Waals surface area contributed by atoms with E-state index in [0.717, 1.165) is 41.7 Å². The first-order valence-electron chi connectivity index (χ1n) is 10.2. The van der Waals surface area contributed by atoms with Crippen LogP contribution in [0.1, 0.15) is 37.0 Å². The second-order valence-corrected chi connectivity index (χ2v) is 12.0. The van der Waals surface area contributed by atoms with E-state index in [-0.39, 0.29) is 4.21 Å². The number of fused-ring (bicyclic) bond motifs is 1. The van der Waals surface area contributed by atoms with E-state index in [4.69, 9.17) is 23.2 Å². The molecule has 0 spiro atoms. The fourth-order valence-corrected chi connectivity index (χ4v) is 6.49. The van der Waals surface area contributed by atoms with E-state index in [9.17, 15) is 18.3 Å². The van der Waals surface area contributed by atoms with Crippen molar-refractivity contribution in [2.24, 2.45) is 0 Å². The summed E-state index contributed by atoms with van der Waals surface area (Å²) in [4.78, 5) is 12.8. The van der Waals surface area contributed by atoms with Gasteiger partial charge in [0.05, 0.1) is 21.3 Å². The van der Waals surface area contributed by atoms with Crippen LogP contribution < -0.4 is 10.0 Å². The van der Waals surface area contributed by atoms with Crippen molar-refractivity contribution >= 4 is 56.3 Å². The Bertz CT molecular complexity index is 1340. The van der Waals surface area contributed by atoms with Gasteiger partial charge in [0, 0.05) is 11.1 Å². The van der Waals surface area contributed by atoms with Crippen LogP contribution in [0.3, 0.4) is 0 Å². The number of hydrogen-bond donors (Lipinski definition) is 3. The molecule has 4 rings (SSSR count). The van der Waals surface area contributed by atoms with Gasteiger partial charge in [0.1, 0.15) is 4.21 Å². The summed E-state index contributed by atoms with van der Waals surface area (Å²) >= 11 is 13.6. The highest BCUT2D eigenvalue weighted by Gasteiger charge is 2.26. The lowest BCUT2D eigenvalue weighted by Gasteiger charge is -2.18. The van der Waals surface area contributed by atoms with E-state index in [1.165, 1.54) is 6.07 Å². The van der Waals surface area contributed by atoms with Crippen molar-refractivity contribution in [2.75, 3.05) is 5.32 Å². The van der Waals surface area contributed by atoms with Gasteiger partial charge in [-0.15, -0.1) is 11.3 Å². The van der Waals surface area contributed by atoms with Crippen molar-refractivity contribution in [3.05, 3.63) is 68.5 Å². The SMILES string of the molecule is CC(C)(O)c1csc(S(=O)(=O)NC(=O)Nc2c(-c3cccc(Cl)c3Cl)ccc3c2CCC3)c1. The number of rotatable bonds is 5. The zero-order valence-electron chi connectivity index (χ0n) is 17.9. The monoisotopic (exact) mass is 524 g/mol. The fourth-order valence-electron chi connectivity index (χ4n) is 3.84. The maximum Gasteiger partial charge on any atom is 0.333 e. The van der Waals surface area contributed by atoms with Crippen molar-refractivity contribution < 1.29 is 18.3 Å². The number of nitrogens with one attached hydrogen (secondary N) is 2. The third kappa shape index (κ3) is 4.90. The number of urea groups is 1. The van der Waals surface area contributed by atoms with Gasteiger partial charge in [-0.1, -0.05) is 47.5 Å². The molecule has 0 saturated heterocycles. The van der Waals surface area contributed by atoms with Gasteiger partial charge in [-0.3, -0.25) is 0 Å². The molecule has 0 fully saturated rings. The Balaban J connectivity index is 1.66. The van der Waals surface area contributed by atoms with E-state index in [1.807, 2.05) is 12.1 Å². The molecule has 0 atom stereocenters. The minimum absolute atomic E-state index is 0.0637. The largest absolute Gasteiger partial charge is 0.386 e. The number of anilines is 1. The minimum Gasteiger partial charge on any atom is -0.386 e. The molecule has 174 valence electrons. The highest BCUT2D eigenvalue weighted by Crippen LogP contribution is 2.42. The molecule has 1 aliphatic rings. The summed E-state index contributed by atoms with van der Waals surface area (Å²) in [5.74, 6) is 0. The molecule has 0 unspecified atom stereocenters. The zero-order valence-corrected chi connectivity index (χ0v) is 21.1. The summed E-state index contributed by atoms with van der Waals surface area (Å²) in [5, 5.41) is 15.1. The molecular weight excluding hydrogens is 503 g/mol. The number of benzene rings is 2. The Morgan fingerprint density at radius 3 is 2.58 bits per heavy atom. The topological polar surface area (TPSA) is 95.5 Å². The zero-order chi connectivity index (χ0) is 24.0. The molecule has 1 aliphatic carbocycles. The number of amides is 2. The first-order valence-corrected chi connectivity index (χ1v) is 13.3. The maximum atomic E-state index is 12.8.